The Labute approximate surface area is 145 Å². The molecule has 2 heterocycles. The lowest BCUT2D eigenvalue weighted by atomic mass is 10.1. The van der Waals surface area contributed by atoms with Crippen LogP contribution in [0.3, 0.4) is 0 Å². The molecule has 0 saturated heterocycles. The lowest BCUT2D eigenvalue weighted by molar-refractivity contribution is 0.0752. The molecule has 0 fully saturated rings. The molecule has 1 amide bonds. The molecule has 122 valence electrons. The third kappa shape index (κ3) is 3.63. The minimum absolute atomic E-state index is 0.0405. The lowest BCUT2D eigenvalue weighted by Crippen LogP contribution is -2.30. The maximum Gasteiger partial charge on any atom is 0.254 e. The van der Waals surface area contributed by atoms with Crippen LogP contribution < -0.4 is 0 Å². The summed E-state index contributed by atoms with van der Waals surface area (Å²) in [5, 5.41) is 0.669. The molecule has 0 radical (unpaired) electrons. The van der Waals surface area contributed by atoms with Gasteiger partial charge in [-0.05, 0) is 36.8 Å². The van der Waals surface area contributed by atoms with Crippen molar-refractivity contribution >= 4 is 17.5 Å². The second-order valence-corrected chi connectivity index (χ2v) is 5.76. The largest absolute Gasteiger partial charge is 0.335 e. The van der Waals surface area contributed by atoms with Crippen LogP contribution in [-0.2, 0) is 6.54 Å². The Kier molecular flexibility index (Phi) is 4.91. The first-order valence-electron chi connectivity index (χ1n) is 7.65. The van der Waals surface area contributed by atoms with E-state index in [1.54, 1.807) is 46.5 Å². The molecule has 1 aromatic carbocycles. The summed E-state index contributed by atoms with van der Waals surface area (Å²) < 4.78 is 1.77. The Balaban J connectivity index is 1.82. The normalized spacial score (nSPS) is 10.6. The number of carbonyl (C=O) groups excluding carboxylic acids is 1. The number of pyridine rings is 1. The fourth-order valence-corrected chi connectivity index (χ4v) is 2.67. The summed E-state index contributed by atoms with van der Waals surface area (Å²) in [7, 11) is 0. The zero-order valence-corrected chi connectivity index (χ0v) is 14.0. The number of hydrogen-bond acceptors (Lipinski definition) is 3. The molecular weight excluding hydrogens is 324 g/mol. The number of amides is 1. The first-order valence-corrected chi connectivity index (χ1v) is 8.03. The highest BCUT2D eigenvalue weighted by molar-refractivity contribution is 6.30. The first kappa shape index (κ1) is 16.2. The summed E-state index contributed by atoms with van der Waals surface area (Å²) in [6.07, 6.45) is 6.75. The van der Waals surface area contributed by atoms with E-state index in [4.69, 9.17) is 11.6 Å². The van der Waals surface area contributed by atoms with E-state index in [1.807, 2.05) is 31.2 Å². The van der Waals surface area contributed by atoms with Gasteiger partial charge >= 0.3 is 0 Å². The minimum Gasteiger partial charge on any atom is -0.335 e. The van der Waals surface area contributed by atoms with Gasteiger partial charge in [-0.3, -0.25) is 9.36 Å². The van der Waals surface area contributed by atoms with Gasteiger partial charge in [0.25, 0.3) is 5.91 Å². The molecule has 0 bridgehead atoms. The van der Waals surface area contributed by atoms with Gasteiger partial charge in [-0.2, -0.15) is 0 Å². The zero-order valence-electron chi connectivity index (χ0n) is 13.3. The van der Waals surface area contributed by atoms with E-state index in [0.717, 1.165) is 5.56 Å². The number of aromatic nitrogens is 3. The summed E-state index contributed by atoms with van der Waals surface area (Å²) in [4.78, 5) is 22.9. The van der Waals surface area contributed by atoms with Crippen LogP contribution in [0.2, 0.25) is 5.02 Å². The Morgan fingerprint density at radius 3 is 2.83 bits per heavy atom. The van der Waals surface area contributed by atoms with Gasteiger partial charge in [0.2, 0.25) is 0 Å². The Hall–Kier alpha value is -2.66. The van der Waals surface area contributed by atoms with E-state index in [-0.39, 0.29) is 5.91 Å². The molecule has 0 saturated carbocycles. The van der Waals surface area contributed by atoms with Gasteiger partial charge in [-0.15, -0.1) is 0 Å². The number of hydrogen-bond donors (Lipinski definition) is 0. The molecule has 5 nitrogen and oxygen atoms in total. The van der Waals surface area contributed by atoms with E-state index >= 15 is 0 Å². The molecule has 0 atom stereocenters. The molecule has 3 aromatic rings. The smallest absolute Gasteiger partial charge is 0.254 e. The molecule has 2 aromatic heterocycles. The SMILES string of the molecule is CCN(Cc1cccc(Cl)c1)C(=O)c1ccnc(-n2ccnc2)c1. The van der Waals surface area contributed by atoms with Crippen molar-refractivity contribution in [2.45, 2.75) is 13.5 Å². The van der Waals surface area contributed by atoms with E-state index in [1.165, 1.54) is 0 Å². The molecule has 6 heteroatoms. The standard InChI is InChI=1S/C18H17ClN4O/c1-2-22(12-14-4-3-5-16(19)10-14)18(24)15-6-7-21-17(11-15)23-9-8-20-13-23/h3-11,13H,2,12H2,1H3. The van der Waals surface area contributed by atoms with Gasteiger partial charge in [0.15, 0.2) is 0 Å². The summed E-state index contributed by atoms with van der Waals surface area (Å²) in [5.41, 5.74) is 1.60. The average Bonchev–Trinajstić information content (AvgIpc) is 3.14. The van der Waals surface area contributed by atoms with Crippen molar-refractivity contribution in [2.24, 2.45) is 0 Å². The first-order chi connectivity index (χ1) is 11.7. The molecule has 0 unspecified atom stereocenters. The number of rotatable bonds is 5. The lowest BCUT2D eigenvalue weighted by Gasteiger charge is -2.21. The van der Waals surface area contributed by atoms with Gasteiger partial charge in [0.05, 0.1) is 0 Å². The predicted molar refractivity (Wildman–Crippen MR) is 93.2 cm³/mol. The van der Waals surface area contributed by atoms with E-state index < -0.39 is 0 Å². The van der Waals surface area contributed by atoms with Crippen molar-refractivity contribution in [1.82, 2.24) is 19.4 Å². The number of imidazole rings is 1. The van der Waals surface area contributed by atoms with Crippen LogP contribution in [0.4, 0.5) is 0 Å². The van der Waals surface area contributed by atoms with Crippen LogP contribution in [0.25, 0.3) is 5.82 Å². The highest BCUT2D eigenvalue weighted by Crippen LogP contribution is 2.15. The Morgan fingerprint density at radius 1 is 1.25 bits per heavy atom. The third-order valence-corrected chi connectivity index (χ3v) is 3.93. The van der Waals surface area contributed by atoms with Crippen molar-refractivity contribution in [2.75, 3.05) is 6.54 Å². The fourth-order valence-electron chi connectivity index (χ4n) is 2.45. The molecule has 0 N–H and O–H groups in total. The van der Waals surface area contributed by atoms with Crippen LogP contribution in [0.5, 0.6) is 0 Å². The van der Waals surface area contributed by atoms with E-state index in [9.17, 15) is 4.79 Å². The fraction of sp³-hybridized carbons (Fsp3) is 0.167. The van der Waals surface area contributed by atoms with Gasteiger partial charge in [0.1, 0.15) is 12.1 Å². The third-order valence-electron chi connectivity index (χ3n) is 3.69. The van der Waals surface area contributed by atoms with E-state index in [0.29, 0.717) is 29.5 Å². The van der Waals surface area contributed by atoms with Crippen LogP contribution in [0, 0.1) is 0 Å². The van der Waals surface area contributed by atoms with Gasteiger partial charge in [-0.1, -0.05) is 23.7 Å². The average molecular weight is 341 g/mol. The maximum absolute atomic E-state index is 12.8. The molecule has 0 aliphatic carbocycles. The highest BCUT2D eigenvalue weighted by Gasteiger charge is 2.15. The molecular formula is C18H17ClN4O. The number of carbonyl (C=O) groups is 1. The molecule has 3 rings (SSSR count). The van der Waals surface area contributed by atoms with Crippen molar-refractivity contribution in [3.63, 3.8) is 0 Å². The summed E-state index contributed by atoms with van der Waals surface area (Å²) >= 11 is 6.03. The number of benzene rings is 1. The number of nitrogens with zero attached hydrogens (tertiary/aromatic N) is 4. The van der Waals surface area contributed by atoms with Crippen molar-refractivity contribution < 1.29 is 4.79 Å². The Morgan fingerprint density at radius 2 is 2.12 bits per heavy atom. The summed E-state index contributed by atoms with van der Waals surface area (Å²) in [6, 6.07) is 11.0. The molecule has 0 aliphatic rings. The second kappa shape index (κ2) is 7.27. The van der Waals surface area contributed by atoms with Crippen LogP contribution in [0.15, 0.2) is 61.3 Å². The topological polar surface area (TPSA) is 51.0 Å². The summed E-state index contributed by atoms with van der Waals surface area (Å²) in [6.45, 7) is 3.08. The van der Waals surface area contributed by atoms with Crippen LogP contribution in [0.1, 0.15) is 22.8 Å². The van der Waals surface area contributed by atoms with Crippen LogP contribution in [-0.4, -0.2) is 31.9 Å². The second-order valence-electron chi connectivity index (χ2n) is 5.32. The Bertz CT molecular complexity index is 833. The van der Waals surface area contributed by atoms with Gasteiger partial charge in [-0.25, -0.2) is 9.97 Å². The monoisotopic (exact) mass is 340 g/mol. The quantitative estimate of drug-likeness (QED) is 0.713. The van der Waals surface area contributed by atoms with Gasteiger partial charge in [0, 0.05) is 42.3 Å². The zero-order chi connectivity index (χ0) is 16.9. The predicted octanol–water partition coefficient (Wildman–Crippen LogP) is 3.58. The van der Waals surface area contributed by atoms with Gasteiger partial charge < -0.3 is 4.90 Å². The van der Waals surface area contributed by atoms with Crippen LogP contribution >= 0.6 is 11.6 Å². The molecule has 24 heavy (non-hydrogen) atoms. The summed E-state index contributed by atoms with van der Waals surface area (Å²) in [5.74, 6) is 0.624. The highest BCUT2D eigenvalue weighted by atomic mass is 35.5. The van der Waals surface area contributed by atoms with Crippen molar-refractivity contribution in [1.29, 1.82) is 0 Å². The molecule has 0 aliphatic heterocycles. The van der Waals surface area contributed by atoms with Crippen molar-refractivity contribution in [3.05, 3.63) is 77.5 Å². The minimum atomic E-state index is -0.0405. The van der Waals surface area contributed by atoms with Crippen molar-refractivity contribution in [3.8, 4) is 5.82 Å². The maximum atomic E-state index is 12.8. The number of halogens is 1. The van der Waals surface area contributed by atoms with E-state index in [2.05, 4.69) is 9.97 Å². The molecule has 0 spiro atoms.